The van der Waals surface area contributed by atoms with Crippen LogP contribution in [0, 0.1) is 0 Å². The Labute approximate surface area is 166 Å². The molecule has 0 spiro atoms. The highest BCUT2D eigenvalue weighted by atomic mass is 32.1. The third kappa shape index (κ3) is 5.01. The second-order valence-electron chi connectivity index (χ2n) is 5.74. The summed E-state index contributed by atoms with van der Waals surface area (Å²) < 4.78 is 17.9. The number of carbonyl (C=O) groups excluding carboxylic acids is 2. The lowest BCUT2D eigenvalue weighted by atomic mass is 10.2. The largest absolute Gasteiger partial charge is 0.490 e. The van der Waals surface area contributed by atoms with E-state index in [1.807, 2.05) is 29.8 Å². The van der Waals surface area contributed by atoms with Crippen molar-refractivity contribution in [1.82, 2.24) is 9.38 Å². The van der Waals surface area contributed by atoms with Gasteiger partial charge < -0.3 is 19.5 Å². The fourth-order valence-corrected chi connectivity index (χ4v) is 3.25. The number of hydrogen-bond donors (Lipinski definition) is 1. The van der Waals surface area contributed by atoms with Gasteiger partial charge in [-0.05, 0) is 26.0 Å². The van der Waals surface area contributed by atoms with Crippen molar-refractivity contribution in [3.05, 3.63) is 41.7 Å². The lowest BCUT2D eigenvalue weighted by Crippen LogP contribution is -2.21. The number of esters is 1. The summed E-state index contributed by atoms with van der Waals surface area (Å²) in [5.74, 6) is 0.195. The quantitative estimate of drug-likeness (QED) is 0.553. The maximum Gasteiger partial charge on any atom is 0.312 e. The minimum Gasteiger partial charge on any atom is -0.490 e. The van der Waals surface area contributed by atoms with Crippen molar-refractivity contribution in [2.24, 2.45) is 0 Å². The van der Waals surface area contributed by atoms with Gasteiger partial charge in [0.1, 0.15) is 0 Å². The second kappa shape index (κ2) is 9.23. The normalized spacial score (nSPS) is 10.6. The van der Waals surface area contributed by atoms with Crippen molar-refractivity contribution in [2.75, 3.05) is 25.1 Å². The first-order valence-electron chi connectivity index (χ1n) is 8.85. The maximum atomic E-state index is 12.1. The van der Waals surface area contributed by atoms with Crippen LogP contribution in [0.25, 0.3) is 4.96 Å². The van der Waals surface area contributed by atoms with Gasteiger partial charge in [0.2, 0.25) is 0 Å². The van der Waals surface area contributed by atoms with Crippen LogP contribution in [-0.2, 0) is 20.7 Å². The summed E-state index contributed by atoms with van der Waals surface area (Å²) in [6, 6.07) is 5.09. The molecule has 1 amide bonds. The van der Waals surface area contributed by atoms with Crippen LogP contribution in [-0.4, -0.2) is 41.1 Å². The zero-order valence-electron chi connectivity index (χ0n) is 15.6. The molecule has 0 saturated carbocycles. The van der Waals surface area contributed by atoms with Crippen LogP contribution in [0.3, 0.4) is 0 Å². The average molecular weight is 403 g/mol. The van der Waals surface area contributed by atoms with Crippen molar-refractivity contribution < 1.29 is 23.8 Å². The number of nitrogens with one attached hydrogen (secondary N) is 1. The summed E-state index contributed by atoms with van der Waals surface area (Å²) in [6.07, 6.45) is 3.64. The molecule has 0 aliphatic carbocycles. The molecule has 2 aromatic heterocycles. The third-order valence-corrected chi connectivity index (χ3v) is 4.43. The first kappa shape index (κ1) is 19.7. The molecule has 8 nitrogen and oxygen atoms in total. The standard InChI is InChI=1S/C19H21N3O5S/c1-3-25-15-6-5-13(9-16(15)26-4-2)20-17(23)12-27-18(24)10-14-11-22-7-8-28-19(22)21-14/h5-9,11H,3-4,10,12H2,1-2H3,(H,20,23). The van der Waals surface area contributed by atoms with E-state index in [-0.39, 0.29) is 13.0 Å². The summed E-state index contributed by atoms with van der Waals surface area (Å²) in [5, 5.41) is 4.59. The van der Waals surface area contributed by atoms with Gasteiger partial charge in [0.15, 0.2) is 23.1 Å². The molecule has 0 aliphatic heterocycles. The Hall–Kier alpha value is -3.07. The van der Waals surface area contributed by atoms with Crippen molar-refractivity contribution in [2.45, 2.75) is 20.3 Å². The number of hydrogen-bond acceptors (Lipinski definition) is 7. The summed E-state index contributed by atoms with van der Waals surface area (Å²) >= 11 is 1.48. The van der Waals surface area contributed by atoms with Crippen molar-refractivity contribution in [3.8, 4) is 11.5 Å². The molecular weight excluding hydrogens is 382 g/mol. The molecule has 0 aliphatic rings. The molecule has 0 atom stereocenters. The Balaban J connectivity index is 1.51. The Bertz CT molecular complexity index is 937. The van der Waals surface area contributed by atoms with E-state index in [1.165, 1.54) is 11.3 Å². The molecule has 0 bridgehead atoms. The van der Waals surface area contributed by atoms with E-state index in [0.29, 0.717) is 36.1 Å². The van der Waals surface area contributed by atoms with Gasteiger partial charge in [-0.2, -0.15) is 0 Å². The molecule has 1 N–H and O–H groups in total. The summed E-state index contributed by atoms with van der Waals surface area (Å²) in [5.41, 5.74) is 1.13. The predicted octanol–water partition coefficient (Wildman–Crippen LogP) is 2.92. The molecule has 28 heavy (non-hydrogen) atoms. The lowest BCUT2D eigenvalue weighted by Gasteiger charge is -2.13. The van der Waals surface area contributed by atoms with E-state index in [2.05, 4.69) is 10.3 Å². The van der Waals surface area contributed by atoms with E-state index >= 15 is 0 Å². The van der Waals surface area contributed by atoms with E-state index in [1.54, 1.807) is 24.4 Å². The highest BCUT2D eigenvalue weighted by molar-refractivity contribution is 7.15. The highest BCUT2D eigenvalue weighted by Gasteiger charge is 2.13. The Morgan fingerprint density at radius 2 is 1.96 bits per heavy atom. The number of amides is 1. The summed E-state index contributed by atoms with van der Waals surface area (Å²) in [4.78, 5) is 29.1. The van der Waals surface area contributed by atoms with Gasteiger partial charge in [-0.15, -0.1) is 11.3 Å². The average Bonchev–Trinajstić information content (AvgIpc) is 3.24. The second-order valence-corrected chi connectivity index (χ2v) is 6.61. The monoisotopic (exact) mass is 403 g/mol. The van der Waals surface area contributed by atoms with E-state index < -0.39 is 11.9 Å². The SMILES string of the molecule is CCOc1ccc(NC(=O)COC(=O)Cc2cn3ccsc3n2)cc1OCC. The fourth-order valence-electron chi connectivity index (χ4n) is 2.53. The summed E-state index contributed by atoms with van der Waals surface area (Å²) in [7, 11) is 0. The van der Waals surface area contributed by atoms with E-state index in [0.717, 1.165) is 4.96 Å². The number of rotatable bonds is 9. The Morgan fingerprint density at radius 1 is 1.18 bits per heavy atom. The van der Waals surface area contributed by atoms with Crippen molar-refractivity contribution >= 4 is 33.9 Å². The number of anilines is 1. The van der Waals surface area contributed by atoms with Gasteiger partial charge in [0, 0.05) is 29.5 Å². The lowest BCUT2D eigenvalue weighted by molar-refractivity contribution is -0.146. The van der Waals surface area contributed by atoms with Gasteiger partial charge in [-0.1, -0.05) is 0 Å². The van der Waals surface area contributed by atoms with Crippen LogP contribution in [0.15, 0.2) is 36.0 Å². The van der Waals surface area contributed by atoms with Crippen molar-refractivity contribution in [1.29, 1.82) is 0 Å². The molecule has 3 rings (SSSR count). The van der Waals surface area contributed by atoms with Crippen LogP contribution < -0.4 is 14.8 Å². The third-order valence-electron chi connectivity index (χ3n) is 3.66. The molecule has 0 saturated heterocycles. The molecule has 0 unspecified atom stereocenters. The first-order chi connectivity index (χ1) is 13.6. The number of aromatic nitrogens is 2. The van der Waals surface area contributed by atoms with Crippen LogP contribution in [0.5, 0.6) is 11.5 Å². The number of carbonyl (C=O) groups is 2. The van der Waals surface area contributed by atoms with Crippen LogP contribution in [0.2, 0.25) is 0 Å². The zero-order valence-corrected chi connectivity index (χ0v) is 16.5. The molecule has 1 aromatic carbocycles. The number of ether oxygens (including phenoxy) is 3. The number of benzene rings is 1. The number of thiazole rings is 1. The summed E-state index contributed by atoms with van der Waals surface area (Å²) in [6.45, 7) is 4.35. The Morgan fingerprint density at radius 3 is 2.71 bits per heavy atom. The minimum absolute atomic E-state index is 0.0131. The molecule has 2 heterocycles. The number of imidazole rings is 1. The van der Waals surface area contributed by atoms with Crippen molar-refractivity contribution in [3.63, 3.8) is 0 Å². The van der Waals surface area contributed by atoms with Gasteiger partial charge >= 0.3 is 5.97 Å². The fraction of sp³-hybridized carbons (Fsp3) is 0.316. The Kier molecular flexibility index (Phi) is 6.49. The molecular formula is C19H21N3O5S. The zero-order chi connectivity index (χ0) is 19.9. The molecule has 3 aromatic rings. The van der Waals surface area contributed by atoms with E-state index in [9.17, 15) is 9.59 Å². The van der Waals surface area contributed by atoms with Crippen LogP contribution >= 0.6 is 11.3 Å². The van der Waals surface area contributed by atoms with E-state index in [4.69, 9.17) is 14.2 Å². The number of nitrogens with zero attached hydrogens (tertiary/aromatic N) is 2. The molecule has 0 fully saturated rings. The van der Waals surface area contributed by atoms with Crippen LogP contribution in [0.4, 0.5) is 5.69 Å². The maximum absolute atomic E-state index is 12.1. The van der Waals surface area contributed by atoms with Gasteiger partial charge in [0.05, 0.1) is 25.3 Å². The molecule has 0 radical (unpaired) electrons. The van der Waals surface area contributed by atoms with Gasteiger partial charge in [0.25, 0.3) is 5.91 Å². The van der Waals surface area contributed by atoms with Crippen LogP contribution in [0.1, 0.15) is 19.5 Å². The van der Waals surface area contributed by atoms with Gasteiger partial charge in [-0.3, -0.25) is 14.0 Å². The number of fused-ring (bicyclic) bond motifs is 1. The molecule has 9 heteroatoms. The predicted molar refractivity (Wildman–Crippen MR) is 105 cm³/mol. The molecule has 148 valence electrons. The van der Waals surface area contributed by atoms with Gasteiger partial charge in [-0.25, -0.2) is 4.98 Å². The minimum atomic E-state index is -0.511. The topological polar surface area (TPSA) is 91.2 Å². The first-order valence-corrected chi connectivity index (χ1v) is 9.73. The highest BCUT2D eigenvalue weighted by Crippen LogP contribution is 2.30. The smallest absolute Gasteiger partial charge is 0.312 e.